The van der Waals surface area contributed by atoms with Crippen LogP contribution in [0.5, 0.6) is 0 Å². The Hall–Kier alpha value is -5.93. The van der Waals surface area contributed by atoms with Gasteiger partial charge >= 0.3 is 0 Å². The summed E-state index contributed by atoms with van der Waals surface area (Å²) < 4.78 is 0. The molecule has 1 saturated carbocycles. The van der Waals surface area contributed by atoms with E-state index in [1.165, 1.54) is 52.3 Å². The first kappa shape index (κ1) is 31.3. The minimum atomic E-state index is -0.0427. The zero-order valence-corrected chi connectivity index (χ0v) is 28.1. The van der Waals surface area contributed by atoms with Crippen molar-refractivity contribution in [3.8, 4) is 11.1 Å². The lowest BCUT2D eigenvalue weighted by Gasteiger charge is -2.39. The summed E-state index contributed by atoms with van der Waals surface area (Å²) in [6.07, 6.45) is 7.79. The molecule has 0 spiro atoms. The van der Waals surface area contributed by atoms with Gasteiger partial charge in [0.1, 0.15) is 0 Å². The molecule has 1 fully saturated rings. The lowest BCUT2D eigenvalue weighted by atomic mass is 9.65. The molecule has 3 heteroatoms. The predicted molar refractivity (Wildman–Crippen MR) is 211 cm³/mol. The summed E-state index contributed by atoms with van der Waals surface area (Å²) in [5.74, 6) is 0.720. The summed E-state index contributed by atoms with van der Waals surface area (Å²) in [6.45, 7) is 0. The zero-order valence-electron chi connectivity index (χ0n) is 28.1. The van der Waals surface area contributed by atoms with Crippen molar-refractivity contribution >= 4 is 39.4 Å². The normalized spacial score (nSPS) is 14.7. The minimum absolute atomic E-state index is 0.0427. The molecule has 0 saturated heterocycles. The summed E-state index contributed by atoms with van der Waals surface area (Å²) in [4.78, 5) is 9.73. The lowest BCUT2D eigenvalue weighted by molar-refractivity contribution is 0.346. The van der Waals surface area contributed by atoms with Gasteiger partial charge in [0.05, 0.1) is 0 Å². The van der Waals surface area contributed by atoms with Crippen molar-refractivity contribution in [3.63, 3.8) is 0 Å². The number of rotatable bonds is 6. The third-order valence-electron chi connectivity index (χ3n) is 10.3. The molecule has 1 aliphatic rings. The SMILES string of the molecule is N=C(/N=C(\N=C\c1ccccc1)c1ccc(C2(c3ccc(-c4ccc5ccccc5c4)cc3)CCCCC2)cc1)c1cccc2ccccc12. The number of amidine groups is 2. The topological polar surface area (TPSA) is 48.6 Å². The van der Waals surface area contributed by atoms with E-state index >= 15 is 0 Å². The molecule has 7 aromatic rings. The summed E-state index contributed by atoms with van der Waals surface area (Å²) in [6, 6.07) is 57.7. The Kier molecular flexibility index (Phi) is 8.71. The summed E-state index contributed by atoms with van der Waals surface area (Å²) in [7, 11) is 0. The number of aliphatic imine (C=N–C) groups is 2. The van der Waals surface area contributed by atoms with Gasteiger partial charge in [-0.15, -0.1) is 0 Å². The van der Waals surface area contributed by atoms with Gasteiger partial charge in [0, 0.05) is 22.8 Å². The third kappa shape index (κ3) is 6.31. The largest absolute Gasteiger partial charge is 0.282 e. The second-order valence-electron chi connectivity index (χ2n) is 13.3. The standard InChI is InChI=1S/C47H39N3/c48-45(44-19-11-17-37-15-7-8-18-43(37)44)50-46(49-33-34-12-3-1-4-13-34)38-24-28-42(29-25-38)47(30-9-2-10-31-47)41-26-22-36(23-27-41)40-21-20-35-14-5-6-16-39(35)32-40/h1,3-8,11-29,32-33,48H,2,9-10,30-31H2/b48-45?,49-33+,50-46-. The van der Waals surface area contributed by atoms with E-state index in [1.807, 2.05) is 60.8 Å². The van der Waals surface area contributed by atoms with Gasteiger partial charge in [0.25, 0.3) is 0 Å². The van der Waals surface area contributed by atoms with E-state index in [4.69, 9.17) is 15.4 Å². The second kappa shape index (κ2) is 13.9. The fourth-order valence-electron chi connectivity index (χ4n) is 7.63. The summed E-state index contributed by atoms with van der Waals surface area (Å²) in [5.41, 5.74) is 7.82. The van der Waals surface area contributed by atoms with E-state index in [9.17, 15) is 0 Å². The molecule has 242 valence electrons. The molecule has 0 atom stereocenters. The van der Waals surface area contributed by atoms with E-state index < -0.39 is 0 Å². The molecule has 3 nitrogen and oxygen atoms in total. The highest BCUT2D eigenvalue weighted by Gasteiger charge is 2.35. The Bertz CT molecular complexity index is 2340. The molecule has 0 aliphatic heterocycles. The monoisotopic (exact) mass is 645 g/mol. The van der Waals surface area contributed by atoms with Crippen LogP contribution in [0, 0.1) is 5.41 Å². The van der Waals surface area contributed by atoms with Crippen molar-refractivity contribution in [2.45, 2.75) is 37.5 Å². The first-order valence-electron chi connectivity index (χ1n) is 17.6. The van der Waals surface area contributed by atoms with Gasteiger partial charge in [-0.3, -0.25) is 5.41 Å². The molecule has 0 bridgehead atoms. The van der Waals surface area contributed by atoms with Gasteiger partial charge in [-0.25, -0.2) is 9.98 Å². The van der Waals surface area contributed by atoms with Gasteiger partial charge in [-0.05, 0) is 68.3 Å². The zero-order chi connectivity index (χ0) is 33.8. The van der Waals surface area contributed by atoms with Crippen LogP contribution < -0.4 is 0 Å². The minimum Gasteiger partial charge on any atom is -0.282 e. The van der Waals surface area contributed by atoms with Crippen LogP contribution in [0.4, 0.5) is 0 Å². The Morgan fingerprint density at radius 1 is 0.540 bits per heavy atom. The van der Waals surface area contributed by atoms with Crippen LogP contribution in [0.3, 0.4) is 0 Å². The predicted octanol–water partition coefficient (Wildman–Crippen LogP) is 11.8. The lowest BCUT2D eigenvalue weighted by Crippen LogP contribution is -2.30. The van der Waals surface area contributed by atoms with Crippen LogP contribution in [0.25, 0.3) is 32.7 Å². The molecule has 0 radical (unpaired) electrons. The number of hydrogen-bond donors (Lipinski definition) is 1. The number of nitrogens with zero attached hydrogens (tertiary/aromatic N) is 2. The van der Waals surface area contributed by atoms with Crippen molar-refractivity contribution in [2.24, 2.45) is 9.98 Å². The number of nitrogens with one attached hydrogen (secondary N) is 1. The van der Waals surface area contributed by atoms with Gasteiger partial charge in [0.2, 0.25) is 0 Å². The van der Waals surface area contributed by atoms with Crippen LogP contribution in [0.2, 0.25) is 0 Å². The molecule has 0 aromatic heterocycles. The number of fused-ring (bicyclic) bond motifs is 2. The Morgan fingerprint density at radius 2 is 1.16 bits per heavy atom. The summed E-state index contributed by atoms with van der Waals surface area (Å²) in [5, 5.41) is 13.7. The molecule has 8 rings (SSSR count). The van der Waals surface area contributed by atoms with Gasteiger partial charge < -0.3 is 0 Å². The fourth-order valence-corrected chi connectivity index (χ4v) is 7.63. The van der Waals surface area contributed by atoms with E-state index in [2.05, 4.69) is 109 Å². The third-order valence-corrected chi connectivity index (χ3v) is 10.3. The van der Waals surface area contributed by atoms with Crippen molar-refractivity contribution in [2.75, 3.05) is 0 Å². The number of benzene rings is 7. The van der Waals surface area contributed by atoms with Crippen molar-refractivity contribution in [3.05, 3.63) is 192 Å². The molecule has 1 N–H and O–H groups in total. The molecular weight excluding hydrogens is 607 g/mol. The van der Waals surface area contributed by atoms with Crippen LogP contribution in [0.15, 0.2) is 174 Å². The molecule has 0 heterocycles. The highest BCUT2D eigenvalue weighted by molar-refractivity contribution is 6.16. The average Bonchev–Trinajstić information content (AvgIpc) is 3.20. The molecule has 50 heavy (non-hydrogen) atoms. The van der Waals surface area contributed by atoms with Crippen LogP contribution in [-0.2, 0) is 5.41 Å². The molecule has 1 aliphatic carbocycles. The van der Waals surface area contributed by atoms with Crippen LogP contribution in [-0.4, -0.2) is 17.9 Å². The Morgan fingerprint density at radius 3 is 1.92 bits per heavy atom. The first-order valence-corrected chi connectivity index (χ1v) is 17.6. The van der Waals surface area contributed by atoms with Gasteiger partial charge in [0.15, 0.2) is 11.7 Å². The van der Waals surface area contributed by atoms with Gasteiger partial charge in [-0.2, -0.15) is 0 Å². The first-order chi connectivity index (χ1) is 24.7. The van der Waals surface area contributed by atoms with Crippen molar-refractivity contribution in [1.82, 2.24) is 0 Å². The molecule has 7 aromatic carbocycles. The maximum atomic E-state index is 9.08. The van der Waals surface area contributed by atoms with E-state index in [0.29, 0.717) is 5.84 Å². The van der Waals surface area contributed by atoms with Gasteiger partial charge in [-0.1, -0.05) is 177 Å². The van der Waals surface area contributed by atoms with E-state index in [1.54, 1.807) is 0 Å². The molecule has 0 amide bonds. The number of hydrogen-bond acceptors (Lipinski definition) is 1. The van der Waals surface area contributed by atoms with Crippen molar-refractivity contribution < 1.29 is 0 Å². The molecule has 0 unspecified atom stereocenters. The highest BCUT2D eigenvalue weighted by Crippen LogP contribution is 2.45. The van der Waals surface area contributed by atoms with E-state index in [-0.39, 0.29) is 11.3 Å². The van der Waals surface area contributed by atoms with Crippen LogP contribution >= 0.6 is 0 Å². The fraction of sp³-hybridized carbons (Fsp3) is 0.128. The quantitative estimate of drug-likeness (QED) is 0.138. The van der Waals surface area contributed by atoms with Crippen LogP contribution in [0.1, 0.15) is 59.9 Å². The Balaban J connectivity index is 1.14. The molecular formula is C47H39N3. The Labute approximate surface area is 294 Å². The van der Waals surface area contributed by atoms with E-state index in [0.717, 1.165) is 40.3 Å². The second-order valence-corrected chi connectivity index (χ2v) is 13.3. The maximum Gasteiger partial charge on any atom is 0.161 e. The maximum absolute atomic E-state index is 9.08. The highest BCUT2D eigenvalue weighted by atomic mass is 14.9. The average molecular weight is 646 g/mol. The smallest absolute Gasteiger partial charge is 0.161 e. The van der Waals surface area contributed by atoms with Crippen molar-refractivity contribution in [1.29, 1.82) is 5.41 Å². The summed E-state index contributed by atoms with van der Waals surface area (Å²) >= 11 is 0.